The van der Waals surface area contributed by atoms with Crippen LogP contribution in [0.25, 0.3) is 0 Å². The van der Waals surface area contributed by atoms with E-state index in [1.807, 2.05) is 12.1 Å². The lowest BCUT2D eigenvalue weighted by Gasteiger charge is -2.24. The number of benzene rings is 1. The Kier molecular flexibility index (Phi) is 4.69. The highest BCUT2D eigenvalue weighted by molar-refractivity contribution is 6.32. The van der Waals surface area contributed by atoms with Gasteiger partial charge in [-0.25, -0.2) is 0 Å². The van der Waals surface area contributed by atoms with Gasteiger partial charge in [-0.3, -0.25) is 4.90 Å². The Bertz CT molecular complexity index is 359. The van der Waals surface area contributed by atoms with Crippen LogP contribution in [0.5, 0.6) is 5.75 Å². The Morgan fingerprint density at radius 3 is 2.41 bits per heavy atom. The highest BCUT2D eigenvalue weighted by Crippen LogP contribution is 2.28. The van der Waals surface area contributed by atoms with Gasteiger partial charge in [0, 0.05) is 12.1 Å². The first-order chi connectivity index (χ1) is 8.27. The van der Waals surface area contributed by atoms with Crippen molar-refractivity contribution in [1.82, 2.24) is 4.90 Å². The molecular weight excluding hydrogens is 234 g/mol. The molecule has 2 rings (SSSR count). The van der Waals surface area contributed by atoms with Gasteiger partial charge < -0.3 is 5.11 Å². The molecule has 1 saturated heterocycles. The van der Waals surface area contributed by atoms with Crippen molar-refractivity contribution in [3.8, 4) is 5.75 Å². The van der Waals surface area contributed by atoms with Crippen molar-refractivity contribution in [2.24, 2.45) is 0 Å². The van der Waals surface area contributed by atoms with Crippen LogP contribution < -0.4 is 0 Å². The smallest absolute Gasteiger partial charge is 0.138 e. The predicted molar refractivity (Wildman–Crippen MR) is 71.5 cm³/mol. The highest BCUT2D eigenvalue weighted by atomic mass is 35.5. The summed E-state index contributed by atoms with van der Waals surface area (Å²) in [5, 5.41) is 10.3. The minimum atomic E-state index is 0.247. The summed E-state index contributed by atoms with van der Waals surface area (Å²) in [7, 11) is 0. The second kappa shape index (κ2) is 6.27. The maximum atomic E-state index is 9.90. The quantitative estimate of drug-likeness (QED) is 0.866. The molecule has 1 aliphatic rings. The lowest BCUT2D eigenvalue weighted by atomic mass is 10.1. The summed E-state index contributed by atoms with van der Waals surface area (Å²) in [5.41, 5.74) is 0.943. The van der Waals surface area contributed by atoms with E-state index < -0.39 is 0 Å². The molecule has 0 radical (unpaired) electrons. The number of hydrogen-bond donors (Lipinski definition) is 1. The molecular formula is C14H20ClNO. The van der Waals surface area contributed by atoms with Crippen molar-refractivity contribution < 1.29 is 5.11 Å². The lowest BCUT2D eigenvalue weighted by molar-refractivity contribution is 0.237. The van der Waals surface area contributed by atoms with E-state index in [2.05, 4.69) is 4.90 Å². The van der Waals surface area contributed by atoms with Crippen LogP contribution in [0.15, 0.2) is 18.2 Å². The monoisotopic (exact) mass is 253 g/mol. The van der Waals surface area contributed by atoms with Crippen LogP contribution in [-0.2, 0) is 6.54 Å². The van der Waals surface area contributed by atoms with E-state index in [-0.39, 0.29) is 5.75 Å². The second-order valence-electron chi connectivity index (χ2n) is 4.79. The molecule has 0 aliphatic carbocycles. The zero-order valence-electron chi connectivity index (χ0n) is 10.2. The molecule has 0 saturated carbocycles. The van der Waals surface area contributed by atoms with Crippen LogP contribution >= 0.6 is 11.6 Å². The first kappa shape index (κ1) is 12.7. The van der Waals surface area contributed by atoms with Crippen LogP contribution in [0.2, 0.25) is 5.02 Å². The van der Waals surface area contributed by atoms with Crippen molar-refractivity contribution >= 4 is 11.6 Å². The first-order valence-corrected chi connectivity index (χ1v) is 6.84. The van der Waals surface area contributed by atoms with E-state index in [1.165, 1.54) is 32.1 Å². The summed E-state index contributed by atoms with van der Waals surface area (Å²) < 4.78 is 0. The third-order valence-corrected chi connectivity index (χ3v) is 3.72. The predicted octanol–water partition coefficient (Wildman–Crippen LogP) is 3.81. The molecule has 17 heavy (non-hydrogen) atoms. The second-order valence-corrected chi connectivity index (χ2v) is 5.20. The van der Waals surface area contributed by atoms with Crippen LogP contribution in [0, 0.1) is 0 Å². The summed E-state index contributed by atoms with van der Waals surface area (Å²) in [5.74, 6) is 0.247. The molecule has 1 aromatic rings. The van der Waals surface area contributed by atoms with Gasteiger partial charge in [0.2, 0.25) is 0 Å². The SMILES string of the molecule is Oc1c(Cl)cccc1CN1CCCCCCC1. The van der Waals surface area contributed by atoms with E-state index in [0.717, 1.165) is 25.2 Å². The van der Waals surface area contributed by atoms with Gasteiger partial charge in [-0.05, 0) is 32.0 Å². The van der Waals surface area contributed by atoms with Crippen LogP contribution in [0.3, 0.4) is 0 Å². The lowest BCUT2D eigenvalue weighted by Crippen LogP contribution is -2.26. The normalized spacial score (nSPS) is 18.6. The largest absolute Gasteiger partial charge is 0.506 e. The van der Waals surface area contributed by atoms with Crippen molar-refractivity contribution in [3.05, 3.63) is 28.8 Å². The fourth-order valence-electron chi connectivity index (χ4n) is 2.40. The Labute approximate surface area is 108 Å². The number of aromatic hydroxyl groups is 1. The van der Waals surface area contributed by atoms with Gasteiger partial charge in [-0.15, -0.1) is 0 Å². The Morgan fingerprint density at radius 2 is 1.71 bits per heavy atom. The molecule has 1 aliphatic heterocycles. The van der Waals surface area contributed by atoms with E-state index in [1.54, 1.807) is 6.07 Å². The number of para-hydroxylation sites is 1. The molecule has 1 fully saturated rings. The summed E-state index contributed by atoms with van der Waals surface area (Å²) in [6, 6.07) is 5.59. The van der Waals surface area contributed by atoms with E-state index in [9.17, 15) is 5.11 Å². The van der Waals surface area contributed by atoms with E-state index in [0.29, 0.717) is 5.02 Å². The number of phenols is 1. The Hall–Kier alpha value is -0.730. The minimum absolute atomic E-state index is 0.247. The molecule has 1 heterocycles. The Balaban J connectivity index is 2.00. The molecule has 1 N–H and O–H groups in total. The molecule has 2 nitrogen and oxygen atoms in total. The third-order valence-electron chi connectivity index (χ3n) is 3.41. The van der Waals surface area contributed by atoms with E-state index >= 15 is 0 Å². The average molecular weight is 254 g/mol. The molecule has 3 heteroatoms. The summed E-state index contributed by atoms with van der Waals surface area (Å²) in [4.78, 5) is 2.42. The van der Waals surface area contributed by atoms with Crippen molar-refractivity contribution in [3.63, 3.8) is 0 Å². The van der Waals surface area contributed by atoms with Gasteiger partial charge in [-0.1, -0.05) is 43.0 Å². The molecule has 0 aromatic heterocycles. The topological polar surface area (TPSA) is 23.5 Å². The van der Waals surface area contributed by atoms with Crippen molar-refractivity contribution in [2.45, 2.75) is 38.6 Å². The number of nitrogens with zero attached hydrogens (tertiary/aromatic N) is 1. The van der Waals surface area contributed by atoms with Gasteiger partial charge in [0.1, 0.15) is 5.75 Å². The number of phenolic OH excluding ortho intramolecular Hbond substituents is 1. The number of likely N-dealkylation sites (tertiary alicyclic amines) is 1. The van der Waals surface area contributed by atoms with Gasteiger partial charge in [-0.2, -0.15) is 0 Å². The van der Waals surface area contributed by atoms with Crippen molar-refractivity contribution in [1.29, 1.82) is 0 Å². The van der Waals surface area contributed by atoms with E-state index in [4.69, 9.17) is 11.6 Å². The molecule has 0 atom stereocenters. The maximum absolute atomic E-state index is 9.90. The molecule has 1 aromatic carbocycles. The molecule has 94 valence electrons. The summed E-state index contributed by atoms with van der Waals surface area (Å²) in [6.07, 6.45) is 6.56. The zero-order chi connectivity index (χ0) is 12.1. The molecule has 0 bridgehead atoms. The number of rotatable bonds is 2. The van der Waals surface area contributed by atoms with Gasteiger partial charge in [0.05, 0.1) is 5.02 Å². The standard InChI is InChI=1S/C14H20ClNO/c15-13-8-6-7-12(14(13)17)11-16-9-4-2-1-3-5-10-16/h6-8,17H,1-5,9-11H2. The van der Waals surface area contributed by atoms with Crippen molar-refractivity contribution in [2.75, 3.05) is 13.1 Å². The fourth-order valence-corrected chi connectivity index (χ4v) is 2.59. The minimum Gasteiger partial charge on any atom is -0.506 e. The fraction of sp³-hybridized carbons (Fsp3) is 0.571. The maximum Gasteiger partial charge on any atom is 0.138 e. The third kappa shape index (κ3) is 3.62. The highest BCUT2D eigenvalue weighted by Gasteiger charge is 2.12. The number of halogens is 1. The van der Waals surface area contributed by atoms with Crippen LogP contribution in [0.4, 0.5) is 0 Å². The van der Waals surface area contributed by atoms with Crippen LogP contribution in [0.1, 0.15) is 37.7 Å². The van der Waals surface area contributed by atoms with Gasteiger partial charge >= 0.3 is 0 Å². The summed E-state index contributed by atoms with van der Waals surface area (Å²) in [6.45, 7) is 3.07. The average Bonchev–Trinajstić information content (AvgIpc) is 2.28. The number of hydrogen-bond acceptors (Lipinski definition) is 2. The van der Waals surface area contributed by atoms with Gasteiger partial charge in [0.15, 0.2) is 0 Å². The Morgan fingerprint density at radius 1 is 1.06 bits per heavy atom. The first-order valence-electron chi connectivity index (χ1n) is 6.46. The van der Waals surface area contributed by atoms with Crippen LogP contribution in [-0.4, -0.2) is 23.1 Å². The van der Waals surface area contributed by atoms with Gasteiger partial charge in [0.25, 0.3) is 0 Å². The molecule has 0 spiro atoms. The molecule has 0 amide bonds. The zero-order valence-corrected chi connectivity index (χ0v) is 10.9. The summed E-state index contributed by atoms with van der Waals surface area (Å²) >= 11 is 5.92. The molecule has 0 unspecified atom stereocenters.